The predicted octanol–water partition coefficient (Wildman–Crippen LogP) is -2.00. The van der Waals surface area contributed by atoms with E-state index in [0.717, 1.165) is 13.8 Å². The van der Waals surface area contributed by atoms with E-state index in [2.05, 4.69) is 9.24 Å². The fourth-order valence-corrected chi connectivity index (χ4v) is 0. The molecule has 0 rings (SSSR count). The minimum Gasteiger partial charge on any atom is -0.550 e. The van der Waals surface area contributed by atoms with Crippen molar-refractivity contribution in [3.05, 3.63) is 0 Å². The van der Waals surface area contributed by atoms with Crippen LogP contribution in [-0.4, -0.2) is 18.6 Å². The molecule has 0 aliphatic carbocycles. The molecule has 6 heteroatoms. The van der Waals surface area contributed by atoms with Crippen molar-refractivity contribution in [3.63, 3.8) is 0 Å². The van der Waals surface area contributed by atoms with E-state index in [4.69, 9.17) is 19.8 Å². The summed E-state index contributed by atoms with van der Waals surface area (Å²) < 4.78 is 0. The van der Waals surface area contributed by atoms with Gasteiger partial charge in [0, 0.05) is 11.9 Å². The van der Waals surface area contributed by atoms with Crippen LogP contribution in [0.25, 0.3) is 0 Å². The third-order valence-electron chi connectivity index (χ3n) is 0. The van der Waals surface area contributed by atoms with E-state index in [0.29, 0.717) is 0 Å². The van der Waals surface area contributed by atoms with Crippen molar-refractivity contribution in [3.8, 4) is 0 Å². The maximum absolute atomic E-state index is 8.89. The summed E-state index contributed by atoms with van der Waals surface area (Å²) in [5, 5.41) is 17.8. The monoisotopic (exact) mass is 272 g/mol. The number of hydrogen-bond donors (Lipinski definition) is 0. The minimum absolute atomic E-state index is 0. The Morgan fingerprint density at radius 1 is 1.00 bits per heavy atom. The average molecular weight is 273 g/mol. The molecule has 4 nitrogen and oxygen atoms in total. The molecule has 0 saturated heterocycles. The Bertz CT molecular complexity index is 76.5. The zero-order valence-electron chi connectivity index (χ0n) is 6.53. The van der Waals surface area contributed by atoms with Gasteiger partial charge in [0.25, 0.3) is 0 Å². The van der Waals surface area contributed by atoms with Gasteiger partial charge in [-0.1, -0.05) is 6.66 Å². The van der Waals surface area contributed by atoms with Crippen LogP contribution >= 0.6 is 9.24 Å². The summed E-state index contributed by atoms with van der Waals surface area (Å²) in [5.41, 5.74) is 0. The van der Waals surface area contributed by atoms with Crippen LogP contribution < -0.4 is 10.2 Å². The van der Waals surface area contributed by atoms with Crippen molar-refractivity contribution in [1.82, 2.24) is 0 Å². The number of aliphatic carboxylic acids is 2. The molecule has 1 unspecified atom stereocenters. The first-order chi connectivity index (χ1) is 4.46. The normalized spacial score (nSPS) is 5.09. The second-order valence-electron chi connectivity index (χ2n) is 0.983. The molecule has 1 atom stereocenters. The topological polar surface area (TPSA) is 80.3 Å². The fourth-order valence-electron chi connectivity index (χ4n) is 0. The predicted molar refractivity (Wildman–Crippen MR) is 37.0 cm³/mol. The molecule has 0 aromatic rings. The van der Waals surface area contributed by atoms with Gasteiger partial charge in [0.1, 0.15) is 0 Å². The van der Waals surface area contributed by atoms with E-state index in [1.165, 1.54) is 0 Å². The Labute approximate surface area is 82.2 Å². The molecule has 0 radical (unpaired) electrons. The fraction of sp³-hybridized carbons (Fsp3) is 0.600. The first-order valence-corrected chi connectivity index (χ1v) is 3.55. The molecule has 0 heterocycles. The third kappa shape index (κ3) is 619000. The van der Waals surface area contributed by atoms with Gasteiger partial charge in [0.05, 0.1) is 0 Å². The number of carboxylic acid groups (broad SMARTS) is 2. The summed E-state index contributed by atoms with van der Waals surface area (Å²) in [5.74, 6) is -2.17. The van der Waals surface area contributed by atoms with Crippen LogP contribution in [0.4, 0.5) is 0 Å². The van der Waals surface area contributed by atoms with E-state index in [-0.39, 0.29) is 20.4 Å². The van der Waals surface area contributed by atoms with Gasteiger partial charge in [-0.3, -0.25) is 0 Å². The molecule has 0 N–H and O–H groups in total. The van der Waals surface area contributed by atoms with Crippen LogP contribution in [0.2, 0.25) is 0 Å². The molecule has 70 valence electrons. The van der Waals surface area contributed by atoms with Gasteiger partial charge in [-0.15, -0.1) is 9.24 Å². The molecule has 11 heavy (non-hydrogen) atoms. The van der Waals surface area contributed by atoms with Crippen LogP contribution in [0, 0.1) is 0 Å². The molecule has 0 aromatic heterocycles. The molecule has 0 bridgehead atoms. The number of rotatable bonds is 0. The molecule has 0 amide bonds. The number of carbonyl (C=O) groups excluding carboxylic acids is 2. The Balaban J connectivity index is -0.0000000339. The summed E-state index contributed by atoms with van der Waals surface area (Å²) in [6.07, 6.45) is 0. The van der Waals surface area contributed by atoms with Crippen molar-refractivity contribution >= 4 is 21.2 Å². The Hall–Kier alpha value is 0.0323. The van der Waals surface area contributed by atoms with Gasteiger partial charge in [-0.2, -0.15) is 0 Å². The summed E-state index contributed by atoms with van der Waals surface area (Å²) >= 11 is 0. The summed E-state index contributed by atoms with van der Waals surface area (Å²) in [6, 6.07) is 0. The Morgan fingerprint density at radius 3 is 1.00 bits per heavy atom. The average Bonchev–Trinajstić information content (AvgIpc) is 1.66. The standard InChI is InChI=1S/2C2H4O2.CH5P.Pd/c2*1-2(3)4;1-2;/h2*1H3,(H,3,4);2H2,1H3;/q;;;+2/p-2. The molecule has 0 spiro atoms. The Morgan fingerprint density at radius 2 is 1.00 bits per heavy atom. The molecule has 0 saturated carbocycles. The van der Waals surface area contributed by atoms with Gasteiger partial charge < -0.3 is 19.8 Å². The van der Waals surface area contributed by atoms with Crippen LogP contribution in [0.15, 0.2) is 0 Å². The van der Waals surface area contributed by atoms with Crippen molar-refractivity contribution in [2.24, 2.45) is 0 Å². The zero-order chi connectivity index (χ0) is 9.15. The third-order valence-corrected chi connectivity index (χ3v) is 0. The summed E-state index contributed by atoms with van der Waals surface area (Å²) in [4.78, 5) is 17.8. The van der Waals surface area contributed by atoms with Crippen molar-refractivity contribution in [1.29, 1.82) is 0 Å². The summed E-state index contributed by atoms with van der Waals surface area (Å²) in [6.45, 7) is 3.86. The smallest absolute Gasteiger partial charge is 0.550 e. The largest absolute Gasteiger partial charge is 2.00 e. The zero-order valence-corrected chi connectivity index (χ0v) is 9.24. The van der Waals surface area contributed by atoms with E-state index in [1.807, 2.05) is 6.66 Å². The van der Waals surface area contributed by atoms with Gasteiger partial charge in [-0.05, 0) is 13.8 Å². The van der Waals surface area contributed by atoms with Gasteiger partial charge in [-0.25, -0.2) is 0 Å². The molecule has 0 aromatic carbocycles. The van der Waals surface area contributed by atoms with Gasteiger partial charge >= 0.3 is 20.4 Å². The van der Waals surface area contributed by atoms with E-state index >= 15 is 0 Å². The van der Waals surface area contributed by atoms with Crippen LogP contribution in [0.5, 0.6) is 0 Å². The van der Waals surface area contributed by atoms with Crippen molar-refractivity contribution < 1.29 is 40.2 Å². The van der Waals surface area contributed by atoms with Gasteiger partial charge in [0.2, 0.25) is 0 Å². The first kappa shape index (κ1) is 22.5. The number of carbonyl (C=O) groups is 2. The molecular formula is C5H11O4PPd. The van der Waals surface area contributed by atoms with Crippen molar-refractivity contribution in [2.45, 2.75) is 13.8 Å². The quantitative estimate of drug-likeness (QED) is 0.377. The second kappa shape index (κ2) is 22.5. The molecular weight excluding hydrogens is 261 g/mol. The minimum atomic E-state index is -1.08. The van der Waals surface area contributed by atoms with Gasteiger partial charge in [0.15, 0.2) is 0 Å². The number of hydrogen-bond acceptors (Lipinski definition) is 4. The van der Waals surface area contributed by atoms with Crippen LogP contribution in [0.3, 0.4) is 0 Å². The van der Waals surface area contributed by atoms with Crippen LogP contribution in [0.1, 0.15) is 13.8 Å². The first-order valence-electron chi connectivity index (χ1n) is 2.39. The number of carboxylic acids is 2. The maximum Gasteiger partial charge on any atom is 2.00 e. The summed E-state index contributed by atoms with van der Waals surface area (Å²) in [7, 11) is 2.42. The van der Waals surface area contributed by atoms with E-state index < -0.39 is 11.9 Å². The SMILES string of the molecule is CC(=O)[O-].CC(=O)[O-].CP.[Pd+2]. The molecule has 0 aliphatic heterocycles. The second-order valence-corrected chi connectivity index (χ2v) is 0.983. The van der Waals surface area contributed by atoms with E-state index in [9.17, 15) is 0 Å². The Kier molecular flexibility index (Phi) is 45.9. The van der Waals surface area contributed by atoms with Crippen LogP contribution in [-0.2, 0) is 30.0 Å². The molecule has 0 aliphatic rings. The van der Waals surface area contributed by atoms with E-state index in [1.54, 1.807) is 0 Å². The molecule has 0 fully saturated rings. The maximum atomic E-state index is 8.89. The van der Waals surface area contributed by atoms with Crippen molar-refractivity contribution in [2.75, 3.05) is 6.66 Å².